The van der Waals surface area contributed by atoms with Crippen LogP contribution in [-0.2, 0) is 14.8 Å². The van der Waals surface area contributed by atoms with Crippen LogP contribution < -0.4 is 14.9 Å². The SMILES string of the molecule is CC1CCN(c2ncccc2C(=O)NS(=O)(=O)c2cccc(NCC3CCCO3)n2)C1(C)C. The fraction of sp³-hybridized carbons (Fsp3) is 0.522. The number of aromatic nitrogens is 2. The molecule has 2 saturated heterocycles. The molecule has 4 rings (SSSR count). The summed E-state index contributed by atoms with van der Waals surface area (Å²) >= 11 is 0. The van der Waals surface area contributed by atoms with Gasteiger partial charge in [0, 0.05) is 31.4 Å². The molecule has 2 unspecified atom stereocenters. The molecule has 0 aromatic carbocycles. The molecular formula is C23H31N5O4S. The minimum atomic E-state index is -4.18. The van der Waals surface area contributed by atoms with Gasteiger partial charge in [-0.05, 0) is 63.3 Å². The van der Waals surface area contributed by atoms with Crippen LogP contribution in [0.15, 0.2) is 41.6 Å². The Hall–Kier alpha value is -2.72. The molecule has 2 aliphatic heterocycles. The second kappa shape index (κ2) is 9.26. The van der Waals surface area contributed by atoms with E-state index >= 15 is 0 Å². The zero-order valence-electron chi connectivity index (χ0n) is 19.2. The normalized spacial score (nSPS) is 22.3. The van der Waals surface area contributed by atoms with Crippen LogP contribution in [0.25, 0.3) is 0 Å². The largest absolute Gasteiger partial charge is 0.376 e. The molecule has 0 spiro atoms. The third-order valence-corrected chi connectivity index (χ3v) is 7.97. The quantitative estimate of drug-likeness (QED) is 0.631. The van der Waals surface area contributed by atoms with Crippen molar-refractivity contribution < 1.29 is 17.9 Å². The van der Waals surface area contributed by atoms with E-state index in [9.17, 15) is 13.2 Å². The predicted molar refractivity (Wildman–Crippen MR) is 126 cm³/mol. The third-order valence-electron chi connectivity index (χ3n) is 6.74. The second-order valence-corrected chi connectivity index (χ2v) is 10.8. The van der Waals surface area contributed by atoms with E-state index in [4.69, 9.17) is 4.74 Å². The Balaban J connectivity index is 1.51. The molecule has 9 nitrogen and oxygen atoms in total. The van der Waals surface area contributed by atoms with E-state index in [1.165, 1.54) is 6.07 Å². The highest BCUT2D eigenvalue weighted by atomic mass is 32.2. The van der Waals surface area contributed by atoms with Crippen LogP contribution in [0, 0.1) is 5.92 Å². The summed E-state index contributed by atoms with van der Waals surface area (Å²) in [5.41, 5.74) is 0.0169. The van der Waals surface area contributed by atoms with Crippen molar-refractivity contribution >= 4 is 27.6 Å². The van der Waals surface area contributed by atoms with Crippen LogP contribution in [0.5, 0.6) is 0 Å². The average molecular weight is 474 g/mol. The number of pyridine rings is 2. The maximum absolute atomic E-state index is 13.1. The number of carbonyl (C=O) groups is 1. The Labute approximate surface area is 195 Å². The molecule has 2 aromatic rings. The molecule has 4 heterocycles. The molecule has 10 heteroatoms. The van der Waals surface area contributed by atoms with Gasteiger partial charge in [0.05, 0.1) is 11.7 Å². The van der Waals surface area contributed by atoms with E-state index in [1.807, 2.05) is 0 Å². The minimum absolute atomic E-state index is 0.0910. The zero-order valence-corrected chi connectivity index (χ0v) is 20.1. The smallest absolute Gasteiger partial charge is 0.281 e. The highest BCUT2D eigenvalue weighted by Crippen LogP contribution is 2.38. The Morgan fingerprint density at radius 1 is 1.24 bits per heavy atom. The molecule has 178 valence electrons. The predicted octanol–water partition coefficient (Wildman–Crippen LogP) is 2.81. The summed E-state index contributed by atoms with van der Waals surface area (Å²) in [5, 5.41) is 2.89. The minimum Gasteiger partial charge on any atom is -0.376 e. The van der Waals surface area contributed by atoms with Crippen molar-refractivity contribution in [3.8, 4) is 0 Å². The van der Waals surface area contributed by atoms with Crippen molar-refractivity contribution in [1.82, 2.24) is 14.7 Å². The van der Waals surface area contributed by atoms with Crippen molar-refractivity contribution in [2.75, 3.05) is 29.9 Å². The first-order valence-electron chi connectivity index (χ1n) is 11.3. The Morgan fingerprint density at radius 3 is 2.76 bits per heavy atom. The van der Waals surface area contributed by atoms with Gasteiger partial charge in [0.15, 0.2) is 5.03 Å². The summed E-state index contributed by atoms with van der Waals surface area (Å²) in [6, 6.07) is 7.87. The van der Waals surface area contributed by atoms with Gasteiger partial charge in [0.1, 0.15) is 11.6 Å². The van der Waals surface area contributed by atoms with E-state index in [-0.39, 0.29) is 22.2 Å². The monoisotopic (exact) mass is 473 g/mol. The first-order valence-corrected chi connectivity index (χ1v) is 12.8. The van der Waals surface area contributed by atoms with E-state index in [1.54, 1.807) is 30.5 Å². The molecule has 2 N–H and O–H groups in total. The number of sulfonamides is 1. The standard InChI is InChI=1S/C23H31N5O4S/c1-16-11-13-28(23(16,2)3)21-18(8-5-12-24-21)22(29)27-33(30,31)20-10-4-9-19(26-20)25-15-17-7-6-14-32-17/h4-5,8-10,12,16-17H,6-7,11,13-15H2,1-3H3,(H,25,26)(H,27,29). The molecule has 0 aliphatic carbocycles. The van der Waals surface area contributed by atoms with Crippen molar-refractivity contribution in [3.63, 3.8) is 0 Å². The number of hydrogen-bond donors (Lipinski definition) is 2. The topological polar surface area (TPSA) is 114 Å². The summed E-state index contributed by atoms with van der Waals surface area (Å²) in [7, 11) is -4.18. The molecular weight excluding hydrogens is 442 g/mol. The van der Waals surface area contributed by atoms with Crippen LogP contribution >= 0.6 is 0 Å². The summed E-state index contributed by atoms with van der Waals surface area (Å²) in [4.78, 5) is 23.8. The van der Waals surface area contributed by atoms with Crippen LogP contribution in [-0.4, -0.2) is 55.6 Å². The number of hydrogen-bond acceptors (Lipinski definition) is 8. The zero-order chi connectivity index (χ0) is 23.6. The van der Waals surface area contributed by atoms with Crippen molar-refractivity contribution in [3.05, 3.63) is 42.1 Å². The number of ether oxygens (including phenoxy) is 1. The van der Waals surface area contributed by atoms with Gasteiger partial charge in [-0.1, -0.05) is 13.0 Å². The lowest BCUT2D eigenvalue weighted by atomic mass is 9.90. The summed E-state index contributed by atoms with van der Waals surface area (Å²) in [6.45, 7) is 8.42. The van der Waals surface area contributed by atoms with Gasteiger partial charge in [-0.2, -0.15) is 8.42 Å². The fourth-order valence-corrected chi connectivity index (χ4v) is 5.25. The van der Waals surface area contributed by atoms with Gasteiger partial charge in [-0.3, -0.25) is 4.79 Å². The molecule has 1 amide bonds. The number of rotatable bonds is 7. The van der Waals surface area contributed by atoms with E-state index < -0.39 is 15.9 Å². The summed E-state index contributed by atoms with van der Waals surface area (Å²) < 4.78 is 33.7. The van der Waals surface area contributed by atoms with Crippen LogP contribution in [0.2, 0.25) is 0 Å². The number of nitrogens with one attached hydrogen (secondary N) is 2. The van der Waals surface area contributed by atoms with Gasteiger partial charge < -0.3 is 15.0 Å². The molecule has 2 aromatic heterocycles. The van der Waals surface area contributed by atoms with E-state index in [0.717, 1.165) is 32.4 Å². The first kappa shape index (κ1) is 23.4. The van der Waals surface area contributed by atoms with E-state index in [2.05, 4.69) is 45.7 Å². The second-order valence-electron chi connectivity index (χ2n) is 9.18. The molecule has 33 heavy (non-hydrogen) atoms. The number of amides is 1. The van der Waals surface area contributed by atoms with Gasteiger partial charge in [-0.25, -0.2) is 14.7 Å². The molecule has 2 fully saturated rings. The van der Waals surface area contributed by atoms with Gasteiger partial charge >= 0.3 is 0 Å². The number of anilines is 2. The Morgan fingerprint density at radius 2 is 2.06 bits per heavy atom. The highest BCUT2D eigenvalue weighted by Gasteiger charge is 2.40. The van der Waals surface area contributed by atoms with Crippen molar-refractivity contribution in [2.45, 2.75) is 56.7 Å². The first-order chi connectivity index (χ1) is 15.7. The van der Waals surface area contributed by atoms with Crippen molar-refractivity contribution in [1.29, 1.82) is 0 Å². The molecule has 0 saturated carbocycles. The molecule has 0 radical (unpaired) electrons. The lowest BCUT2D eigenvalue weighted by Gasteiger charge is -2.36. The summed E-state index contributed by atoms with van der Waals surface area (Å²) in [5.74, 6) is 0.580. The number of carbonyl (C=O) groups excluding carboxylic acids is 1. The van der Waals surface area contributed by atoms with Crippen LogP contribution in [0.3, 0.4) is 0 Å². The van der Waals surface area contributed by atoms with Crippen molar-refractivity contribution in [2.24, 2.45) is 5.92 Å². The van der Waals surface area contributed by atoms with E-state index in [0.29, 0.717) is 24.1 Å². The third kappa shape index (κ3) is 4.96. The maximum Gasteiger partial charge on any atom is 0.281 e. The molecule has 0 bridgehead atoms. The fourth-order valence-electron chi connectivity index (χ4n) is 4.31. The van der Waals surface area contributed by atoms with Gasteiger partial charge in [0.2, 0.25) is 0 Å². The lowest BCUT2D eigenvalue weighted by molar-refractivity contribution is 0.0981. The Kier molecular flexibility index (Phi) is 6.58. The lowest BCUT2D eigenvalue weighted by Crippen LogP contribution is -2.43. The average Bonchev–Trinajstić information content (AvgIpc) is 3.40. The summed E-state index contributed by atoms with van der Waals surface area (Å²) in [6.07, 6.45) is 4.65. The highest BCUT2D eigenvalue weighted by molar-refractivity contribution is 7.90. The van der Waals surface area contributed by atoms with Crippen LogP contribution in [0.1, 0.15) is 50.4 Å². The maximum atomic E-state index is 13.1. The van der Waals surface area contributed by atoms with Gasteiger partial charge in [0.25, 0.3) is 15.9 Å². The van der Waals surface area contributed by atoms with Crippen LogP contribution in [0.4, 0.5) is 11.6 Å². The number of nitrogens with zero attached hydrogens (tertiary/aromatic N) is 3. The Bertz CT molecular complexity index is 1120. The van der Waals surface area contributed by atoms with Gasteiger partial charge in [-0.15, -0.1) is 0 Å². The molecule has 2 aliphatic rings. The molecule has 2 atom stereocenters.